The van der Waals surface area contributed by atoms with Crippen LogP contribution in [0.15, 0.2) is 23.1 Å². The van der Waals surface area contributed by atoms with E-state index in [1.54, 1.807) is 6.20 Å². The van der Waals surface area contributed by atoms with Gasteiger partial charge in [-0.05, 0) is 31.0 Å². The molecule has 0 spiro atoms. The molecule has 3 aromatic rings. The van der Waals surface area contributed by atoms with Gasteiger partial charge in [0.1, 0.15) is 0 Å². The van der Waals surface area contributed by atoms with Crippen molar-refractivity contribution in [2.75, 3.05) is 5.73 Å². The van der Waals surface area contributed by atoms with Crippen molar-refractivity contribution in [2.45, 2.75) is 13.8 Å². The Bertz CT molecular complexity index is 839. The second-order valence-corrected chi connectivity index (χ2v) is 5.36. The highest BCUT2D eigenvalue weighted by Crippen LogP contribution is 2.29. The van der Waals surface area contributed by atoms with E-state index in [0.717, 1.165) is 26.7 Å². The maximum atomic E-state index is 11.8. The van der Waals surface area contributed by atoms with Crippen LogP contribution in [0, 0.1) is 13.8 Å². The Balaban J connectivity index is 2.65. The number of nitrogens with two attached hydrogens (primary N) is 1. The number of aryl methyl sites for hydroxylation is 2. The highest BCUT2D eigenvalue weighted by molar-refractivity contribution is 7.22. The third-order valence-corrected chi connectivity index (χ3v) is 3.84. The number of hydrogen-bond acceptors (Lipinski definition) is 5. The summed E-state index contributed by atoms with van der Waals surface area (Å²) < 4.78 is 0.870. The first-order chi connectivity index (χ1) is 8.56. The average molecular weight is 257 g/mol. The monoisotopic (exact) mass is 257 g/mol. The minimum absolute atomic E-state index is 0.292. The van der Waals surface area contributed by atoms with Crippen molar-refractivity contribution in [3.8, 4) is 0 Å². The van der Waals surface area contributed by atoms with Gasteiger partial charge in [-0.1, -0.05) is 17.4 Å². The fourth-order valence-corrected chi connectivity index (χ4v) is 3.17. The normalized spacial score (nSPS) is 11.2. The highest BCUT2D eigenvalue weighted by Gasteiger charge is 2.10. The van der Waals surface area contributed by atoms with Gasteiger partial charge in [-0.3, -0.25) is 9.78 Å². The predicted octanol–water partition coefficient (Wildman–Crippen LogP) is 2.40. The second-order valence-electron chi connectivity index (χ2n) is 4.33. The fourth-order valence-electron chi connectivity index (χ4n) is 2.22. The summed E-state index contributed by atoms with van der Waals surface area (Å²) >= 11 is 1.33. The molecular formula is C13H11N3OS. The van der Waals surface area contributed by atoms with E-state index in [1.165, 1.54) is 11.3 Å². The van der Waals surface area contributed by atoms with Crippen LogP contribution < -0.4 is 11.3 Å². The molecule has 0 unspecified atom stereocenters. The topological polar surface area (TPSA) is 68.9 Å². The Labute approximate surface area is 107 Å². The molecule has 2 heterocycles. The molecule has 0 saturated carbocycles. The molecule has 0 aliphatic carbocycles. The van der Waals surface area contributed by atoms with Crippen LogP contribution in [0.2, 0.25) is 0 Å². The summed E-state index contributed by atoms with van der Waals surface area (Å²) in [5, 5.41) is 1.82. The summed E-state index contributed by atoms with van der Waals surface area (Å²) in [6.07, 6.45) is 1.59. The molecular weight excluding hydrogens is 246 g/mol. The largest absolute Gasteiger partial charge is 0.375 e. The number of nitrogen functional groups attached to an aromatic ring is 1. The SMILES string of the molecule is Cc1cc(C)c2c(c1)ncc1c(=O)nc(N)sc12. The molecule has 0 saturated heterocycles. The van der Waals surface area contributed by atoms with Crippen molar-refractivity contribution < 1.29 is 0 Å². The molecule has 0 aliphatic heterocycles. The lowest BCUT2D eigenvalue weighted by atomic mass is 10.1. The Morgan fingerprint density at radius 3 is 2.83 bits per heavy atom. The molecule has 18 heavy (non-hydrogen) atoms. The van der Waals surface area contributed by atoms with Gasteiger partial charge >= 0.3 is 0 Å². The first-order valence-corrected chi connectivity index (χ1v) is 6.34. The molecule has 3 rings (SSSR count). The number of pyridine rings is 1. The van der Waals surface area contributed by atoms with E-state index in [9.17, 15) is 4.79 Å². The van der Waals surface area contributed by atoms with Gasteiger partial charge in [0.05, 0.1) is 15.6 Å². The van der Waals surface area contributed by atoms with E-state index in [-0.39, 0.29) is 5.56 Å². The summed E-state index contributed by atoms with van der Waals surface area (Å²) in [6.45, 7) is 4.05. The zero-order valence-electron chi connectivity index (χ0n) is 10.0. The molecule has 0 bridgehead atoms. The van der Waals surface area contributed by atoms with E-state index in [0.29, 0.717) is 10.5 Å². The van der Waals surface area contributed by atoms with Gasteiger partial charge in [-0.2, -0.15) is 4.98 Å². The van der Waals surface area contributed by atoms with Crippen molar-refractivity contribution in [3.05, 3.63) is 39.8 Å². The van der Waals surface area contributed by atoms with E-state index < -0.39 is 0 Å². The molecule has 0 radical (unpaired) electrons. The summed E-state index contributed by atoms with van der Waals surface area (Å²) in [6, 6.07) is 4.09. The number of aromatic nitrogens is 2. The Kier molecular flexibility index (Phi) is 2.31. The van der Waals surface area contributed by atoms with Crippen LogP contribution in [0.4, 0.5) is 5.13 Å². The van der Waals surface area contributed by atoms with Crippen molar-refractivity contribution in [2.24, 2.45) is 0 Å². The zero-order chi connectivity index (χ0) is 12.9. The van der Waals surface area contributed by atoms with Gasteiger partial charge < -0.3 is 5.73 Å². The lowest BCUT2D eigenvalue weighted by Gasteiger charge is -2.06. The maximum Gasteiger partial charge on any atom is 0.282 e. The van der Waals surface area contributed by atoms with Crippen molar-refractivity contribution in [3.63, 3.8) is 0 Å². The van der Waals surface area contributed by atoms with Crippen molar-refractivity contribution >= 4 is 37.5 Å². The minimum atomic E-state index is -0.310. The first kappa shape index (κ1) is 11.1. The molecule has 0 fully saturated rings. The fraction of sp³-hybridized carbons (Fsp3) is 0.154. The van der Waals surface area contributed by atoms with Gasteiger partial charge in [0.2, 0.25) is 0 Å². The number of hydrogen-bond donors (Lipinski definition) is 1. The van der Waals surface area contributed by atoms with Crippen molar-refractivity contribution in [1.29, 1.82) is 0 Å². The van der Waals surface area contributed by atoms with E-state index in [4.69, 9.17) is 5.73 Å². The van der Waals surface area contributed by atoms with E-state index in [2.05, 4.69) is 16.0 Å². The van der Waals surface area contributed by atoms with Gasteiger partial charge in [-0.15, -0.1) is 0 Å². The number of rotatable bonds is 0. The number of nitrogens with zero attached hydrogens (tertiary/aromatic N) is 2. The standard InChI is InChI=1S/C13H11N3OS/c1-6-3-7(2)10-9(4-6)15-5-8-11(10)18-13(14)16-12(8)17/h3-5H,1-2H3,(H2,14,16,17). The zero-order valence-corrected chi connectivity index (χ0v) is 10.8. The summed E-state index contributed by atoms with van der Waals surface area (Å²) in [7, 11) is 0. The molecule has 2 aromatic heterocycles. The highest BCUT2D eigenvalue weighted by atomic mass is 32.1. The number of fused-ring (bicyclic) bond motifs is 3. The van der Waals surface area contributed by atoms with Crippen LogP contribution in [-0.4, -0.2) is 9.97 Å². The van der Waals surface area contributed by atoms with Crippen LogP contribution in [0.3, 0.4) is 0 Å². The number of anilines is 1. The van der Waals surface area contributed by atoms with Crippen LogP contribution in [0.25, 0.3) is 21.0 Å². The minimum Gasteiger partial charge on any atom is -0.375 e. The Hall–Kier alpha value is -2.01. The van der Waals surface area contributed by atoms with Gasteiger partial charge in [0.25, 0.3) is 5.56 Å². The molecule has 5 heteroatoms. The average Bonchev–Trinajstić information content (AvgIpc) is 2.26. The van der Waals surface area contributed by atoms with E-state index >= 15 is 0 Å². The number of benzene rings is 1. The lowest BCUT2D eigenvalue weighted by molar-refractivity contribution is 1.30. The van der Waals surface area contributed by atoms with Crippen LogP contribution in [0.5, 0.6) is 0 Å². The second kappa shape index (κ2) is 3.74. The van der Waals surface area contributed by atoms with Crippen LogP contribution >= 0.6 is 11.3 Å². The summed E-state index contributed by atoms with van der Waals surface area (Å²) in [4.78, 5) is 19.9. The summed E-state index contributed by atoms with van der Waals surface area (Å²) in [5.41, 5.74) is 8.52. The summed E-state index contributed by atoms with van der Waals surface area (Å²) in [5.74, 6) is 0. The van der Waals surface area contributed by atoms with Crippen LogP contribution in [0.1, 0.15) is 11.1 Å². The Morgan fingerprint density at radius 2 is 2.06 bits per heavy atom. The quantitative estimate of drug-likeness (QED) is 0.628. The maximum absolute atomic E-state index is 11.8. The van der Waals surface area contributed by atoms with Crippen LogP contribution in [-0.2, 0) is 0 Å². The van der Waals surface area contributed by atoms with Gasteiger partial charge in [0.15, 0.2) is 5.13 Å². The van der Waals surface area contributed by atoms with Gasteiger partial charge in [-0.25, -0.2) is 0 Å². The first-order valence-electron chi connectivity index (χ1n) is 5.52. The Morgan fingerprint density at radius 1 is 1.28 bits per heavy atom. The third-order valence-electron chi connectivity index (χ3n) is 2.91. The molecule has 4 nitrogen and oxygen atoms in total. The van der Waals surface area contributed by atoms with E-state index in [1.807, 2.05) is 19.9 Å². The van der Waals surface area contributed by atoms with Crippen molar-refractivity contribution in [1.82, 2.24) is 9.97 Å². The third kappa shape index (κ3) is 1.55. The molecule has 1 aromatic carbocycles. The molecule has 0 amide bonds. The lowest BCUT2D eigenvalue weighted by Crippen LogP contribution is -2.08. The molecule has 90 valence electrons. The van der Waals surface area contributed by atoms with Gasteiger partial charge in [0, 0.05) is 11.6 Å². The molecule has 0 aliphatic rings. The smallest absolute Gasteiger partial charge is 0.282 e. The predicted molar refractivity (Wildman–Crippen MR) is 75.1 cm³/mol. The molecule has 0 atom stereocenters. The molecule has 2 N–H and O–H groups in total.